The van der Waals surface area contributed by atoms with Crippen LogP contribution in [-0.4, -0.2) is 17.1 Å². The third-order valence-corrected chi connectivity index (χ3v) is 4.96. The molecule has 0 aliphatic carbocycles. The zero-order chi connectivity index (χ0) is 13.4. The van der Waals surface area contributed by atoms with Crippen LogP contribution >= 0.6 is 27.3 Å². The molecule has 1 fully saturated rings. The lowest BCUT2D eigenvalue weighted by molar-refractivity contribution is 0.145. The fourth-order valence-corrected chi connectivity index (χ4v) is 4.38. The van der Waals surface area contributed by atoms with E-state index >= 15 is 0 Å². The van der Waals surface area contributed by atoms with Crippen LogP contribution in [0.15, 0.2) is 15.2 Å². The van der Waals surface area contributed by atoms with E-state index in [0.717, 1.165) is 6.54 Å². The van der Waals surface area contributed by atoms with Crippen molar-refractivity contribution in [2.45, 2.75) is 64.2 Å². The molecule has 0 aromatic carbocycles. The summed E-state index contributed by atoms with van der Waals surface area (Å²) in [6, 6.07) is 2.80. The average Bonchev–Trinajstić information content (AvgIpc) is 2.56. The largest absolute Gasteiger partial charge is 0.310 e. The van der Waals surface area contributed by atoms with E-state index in [2.05, 4.69) is 65.7 Å². The number of hydrogen-bond donors (Lipinski definition) is 2. The second kappa shape index (κ2) is 5.23. The Balaban J connectivity index is 1.93. The Morgan fingerprint density at radius 2 is 1.94 bits per heavy atom. The molecule has 1 aromatic heterocycles. The molecule has 0 radical (unpaired) electrons. The second-order valence-corrected chi connectivity index (χ2v) is 8.93. The van der Waals surface area contributed by atoms with Gasteiger partial charge in [0.15, 0.2) is 0 Å². The highest BCUT2D eigenvalue weighted by molar-refractivity contribution is 9.11. The molecular formula is C14H23BrN2S. The van der Waals surface area contributed by atoms with Crippen molar-refractivity contribution in [1.82, 2.24) is 10.6 Å². The van der Waals surface area contributed by atoms with Crippen molar-refractivity contribution in [2.75, 3.05) is 0 Å². The number of nitrogens with one attached hydrogen (secondary N) is 2. The van der Waals surface area contributed by atoms with E-state index in [0.29, 0.717) is 6.04 Å². The summed E-state index contributed by atoms with van der Waals surface area (Å²) in [6.45, 7) is 10.2. The van der Waals surface area contributed by atoms with Crippen LogP contribution in [0, 0.1) is 0 Å². The molecule has 0 amide bonds. The fraction of sp³-hybridized carbons (Fsp3) is 0.714. The number of hydrogen-bond acceptors (Lipinski definition) is 3. The summed E-state index contributed by atoms with van der Waals surface area (Å²) in [4.78, 5) is 0. The zero-order valence-electron chi connectivity index (χ0n) is 11.6. The Kier molecular flexibility index (Phi) is 4.22. The van der Waals surface area contributed by atoms with Gasteiger partial charge in [-0.3, -0.25) is 0 Å². The molecule has 18 heavy (non-hydrogen) atoms. The van der Waals surface area contributed by atoms with Gasteiger partial charge in [-0.2, -0.15) is 0 Å². The topological polar surface area (TPSA) is 24.1 Å². The van der Waals surface area contributed by atoms with Crippen molar-refractivity contribution in [3.63, 3.8) is 0 Å². The summed E-state index contributed by atoms with van der Waals surface area (Å²) < 4.78 is 1.21. The first-order chi connectivity index (χ1) is 8.26. The zero-order valence-corrected chi connectivity index (χ0v) is 14.0. The van der Waals surface area contributed by atoms with Gasteiger partial charge in [0.1, 0.15) is 0 Å². The van der Waals surface area contributed by atoms with Gasteiger partial charge in [-0.1, -0.05) is 0 Å². The molecule has 1 aliphatic heterocycles. The first-order valence-electron chi connectivity index (χ1n) is 6.51. The van der Waals surface area contributed by atoms with Crippen molar-refractivity contribution in [2.24, 2.45) is 0 Å². The van der Waals surface area contributed by atoms with Crippen LogP contribution < -0.4 is 10.6 Å². The lowest BCUT2D eigenvalue weighted by atomic mass is 9.79. The Hall–Kier alpha value is 0.1000. The highest BCUT2D eigenvalue weighted by Gasteiger charge is 2.37. The maximum absolute atomic E-state index is 3.72. The van der Waals surface area contributed by atoms with Gasteiger partial charge in [-0.15, -0.1) is 11.3 Å². The molecule has 0 unspecified atom stereocenters. The second-order valence-electron chi connectivity index (χ2n) is 6.64. The number of halogens is 1. The van der Waals surface area contributed by atoms with Crippen LogP contribution in [-0.2, 0) is 6.54 Å². The summed E-state index contributed by atoms with van der Waals surface area (Å²) in [5, 5.41) is 9.64. The molecule has 102 valence electrons. The van der Waals surface area contributed by atoms with E-state index < -0.39 is 0 Å². The van der Waals surface area contributed by atoms with Gasteiger partial charge in [0.2, 0.25) is 0 Å². The monoisotopic (exact) mass is 330 g/mol. The van der Waals surface area contributed by atoms with Crippen molar-refractivity contribution >= 4 is 27.3 Å². The summed E-state index contributed by atoms with van der Waals surface area (Å²) in [6.07, 6.45) is 2.36. The lowest BCUT2D eigenvalue weighted by Crippen LogP contribution is -2.61. The van der Waals surface area contributed by atoms with E-state index in [1.807, 2.05) is 0 Å². The van der Waals surface area contributed by atoms with Gasteiger partial charge in [0.05, 0.1) is 3.79 Å². The molecule has 0 spiro atoms. The van der Waals surface area contributed by atoms with Gasteiger partial charge in [-0.25, -0.2) is 0 Å². The van der Waals surface area contributed by atoms with Gasteiger partial charge in [0.25, 0.3) is 0 Å². The quantitative estimate of drug-likeness (QED) is 0.877. The molecule has 0 bridgehead atoms. The van der Waals surface area contributed by atoms with Crippen molar-refractivity contribution in [1.29, 1.82) is 0 Å². The predicted octanol–water partition coefficient (Wildman–Crippen LogP) is 3.91. The molecule has 2 rings (SSSR count). The van der Waals surface area contributed by atoms with E-state index in [1.165, 1.54) is 22.2 Å². The van der Waals surface area contributed by atoms with Crippen molar-refractivity contribution in [3.8, 4) is 0 Å². The third kappa shape index (κ3) is 4.05. The molecule has 1 saturated heterocycles. The van der Waals surface area contributed by atoms with Crippen LogP contribution in [0.2, 0.25) is 0 Å². The number of piperidine rings is 1. The predicted molar refractivity (Wildman–Crippen MR) is 83.2 cm³/mol. The smallest absolute Gasteiger partial charge is 0.0701 e. The summed E-state index contributed by atoms with van der Waals surface area (Å²) in [7, 11) is 0. The van der Waals surface area contributed by atoms with E-state index in [4.69, 9.17) is 0 Å². The molecule has 2 heterocycles. The minimum absolute atomic E-state index is 0.217. The highest BCUT2D eigenvalue weighted by Crippen LogP contribution is 2.29. The lowest BCUT2D eigenvalue weighted by Gasteiger charge is -2.46. The van der Waals surface area contributed by atoms with Crippen LogP contribution in [0.3, 0.4) is 0 Å². The van der Waals surface area contributed by atoms with Crippen LogP contribution in [0.4, 0.5) is 0 Å². The van der Waals surface area contributed by atoms with E-state index in [-0.39, 0.29) is 11.1 Å². The van der Waals surface area contributed by atoms with Gasteiger partial charge >= 0.3 is 0 Å². The highest BCUT2D eigenvalue weighted by atomic mass is 79.9. The number of thiophene rings is 1. The first kappa shape index (κ1) is 14.5. The number of rotatable bonds is 3. The normalized spacial score (nSPS) is 23.2. The third-order valence-electron chi connectivity index (χ3n) is 3.41. The first-order valence-corrected chi connectivity index (χ1v) is 8.19. The van der Waals surface area contributed by atoms with Crippen LogP contribution in [0.5, 0.6) is 0 Å². The maximum Gasteiger partial charge on any atom is 0.0701 e. The molecule has 4 heteroatoms. The molecule has 1 aromatic rings. The minimum atomic E-state index is 0.217. The maximum atomic E-state index is 3.72. The molecule has 2 N–H and O–H groups in total. The average molecular weight is 331 g/mol. The van der Waals surface area contributed by atoms with Crippen molar-refractivity contribution < 1.29 is 0 Å². The summed E-state index contributed by atoms with van der Waals surface area (Å²) >= 11 is 5.27. The fourth-order valence-electron chi connectivity index (χ4n) is 3.17. The van der Waals surface area contributed by atoms with Crippen molar-refractivity contribution in [3.05, 3.63) is 20.8 Å². The molecule has 1 aliphatic rings. The van der Waals surface area contributed by atoms with Crippen LogP contribution in [0.1, 0.15) is 46.1 Å². The molecule has 0 saturated carbocycles. The Morgan fingerprint density at radius 1 is 1.33 bits per heavy atom. The Morgan fingerprint density at radius 3 is 2.44 bits per heavy atom. The van der Waals surface area contributed by atoms with Crippen LogP contribution in [0.25, 0.3) is 0 Å². The van der Waals surface area contributed by atoms with E-state index in [1.54, 1.807) is 11.3 Å². The van der Waals surface area contributed by atoms with E-state index in [9.17, 15) is 0 Å². The molecule has 2 nitrogen and oxygen atoms in total. The van der Waals surface area contributed by atoms with Gasteiger partial charge < -0.3 is 10.6 Å². The van der Waals surface area contributed by atoms with Gasteiger partial charge in [0, 0.05) is 23.7 Å². The summed E-state index contributed by atoms with van der Waals surface area (Å²) in [5.41, 5.74) is 1.81. The summed E-state index contributed by atoms with van der Waals surface area (Å²) in [5.74, 6) is 0. The SMILES string of the molecule is CC1(C)CC(NCc2csc(Br)c2)CC(C)(C)N1. The van der Waals surface area contributed by atoms with Gasteiger partial charge in [-0.05, 0) is 73.5 Å². The Bertz CT molecular complexity index is 396. The standard InChI is InChI=1S/C14H23BrN2S/c1-13(2)6-11(7-14(3,4)17-13)16-8-10-5-12(15)18-9-10/h5,9,11,16-17H,6-8H2,1-4H3. The Labute approximate surface area is 123 Å². The molecule has 0 atom stereocenters. The molecular weight excluding hydrogens is 308 g/mol. The minimum Gasteiger partial charge on any atom is -0.310 e.